The van der Waals surface area contributed by atoms with Gasteiger partial charge in [-0.15, -0.1) is 5.53 Å². The molecule has 0 fully saturated rings. The third-order valence-corrected chi connectivity index (χ3v) is 4.94. The Morgan fingerprint density at radius 1 is 0.966 bits per heavy atom. The zero-order chi connectivity index (χ0) is 21.1. The molecule has 0 unspecified atom stereocenters. The quantitative estimate of drug-likeness (QED) is 0.536. The van der Waals surface area contributed by atoms with E-state index in [1.165, 1.54) is 0 Å². The number of aliphatic hydroxyl groups excluding tert-OH is 1. The standard InChI is InChI=1S/C21H33N7O/c1-13(2)17(12-29)23-21-24-19(22-16-10-8-7-9-11-16)18-20(25-21)28(15(5)6)26-27(18)14(3)4/h7-11,13-15,17,26,29H,12H2,1-6H3,(H2,22,23,24,25)/t17-/m0/s1. The van der Waals surface area contributed by atoms with E-state index < -0.39 is 0 Å². The van der Waals surface area contributed by atoms with Crippen LogP contribution in [0.5, 0.6) is 0 Å². The van der Waals surface area contributed by atoms with Crippen LogP contribution in [0.4, 0.5) is 29.0 Å². The monoisotopic (exact) mass is 399 g/mol. The van der Waals surface area contributed by atoms with E-state index in [-0.39, 0.29) is 30.7 Å². The van der Waals surface area contributed by atoms with Crippen molar-refractivity contribution in [1.82, 2.24) is 15.5 Å². The Hall–Kier alpha value is -2.58. The Labute approximate surface area is 173 Å². The number of nitrogens with zero attached hydrogens (tertiary/aromatic N) is 4. The van der Waals surface area contributed by atoms with Crippen LogP contribution in [0.2, 0.25) is 0 Å². The molecule has 0 saturated carbocycles. The van der Waals surface area contributed by atoms with E-state index in [2.05, 4.69) is 62.7 Å². The summed E-state index contributed by atoms with van der Waals surface area (Å²) in [5, 5.41) is 20.6. The number of fused-ring (bicyclic) bond motifs is 1. The molecule has 1 aromatic heterocycles. The number of aromatic nitrogens is 2. The van der Waals surface area contributed by atoms with Crippen molar-refractivity contribution >= 4 is 29.0 Å². The molecule has 29 heavy (non-hydrogen) atoms. The van der Waals surface area contributed by atoms with Crippen molar-refractivity contribution in [3.63, 3.8) is 0 Å². The van der Waals surface area contributed by atoms with Crippen LogP contribution in [-0.4, -0.2) is 39.8 Å². The topological polar surface area (TPSA) is 88.6 Å². The second-order valence-corrected chi connectivity index (χ2v) is 8.26. The Morgan fingerprint density at radius 2 is 1.62 bits per heavy atom. The molecule has 2 aromatic rings. The van der Waals surface area contributed by atoms with Gasteiger partial charge in [-0.2, -0.15) is 9.97 Å². The Balaban J connectivity index is 2.09. The van der Waals surface area contributed by atoms with Crippen molar-refractivity contribution in [1.29, 1.82) is 0 Å². The van der Waals surface area contributed by atoms with Crippen LogP contribution in [0.25, 0.3) is 0 Å². The lowest BCUT2D eigenvalue weighted by molar-refractivity contribution is 0.248. The molecule has 1 atom stereocenters. The second-order valence-electron chi connectivity index (χ2n) is 8.26. The van der Waals surface area contributed by atoms with Gasteiger partial charge in [0.05, 0.1) is 12.6 Å². The molecule has 0 spiro atoms. The van der Waals surface area contributed by atoms with Gasteiger partial charge in [-0.1, -0.05) is 32.0 Å². The lowest BCUT2D eigenvalue weighted by atomic mass is 10.1. The van der Waals surface area contributed by atoms with Gasteiger partial charge in [0.1, 0.15) is 5.69 Å². The highest BCUT2D eigenvalue weighted by Crippen LogP contribution is 2.41. The SMILES string of the molecule is CC(C)[C@H](CO)Nc1nc(Nc2ccccc2)c2c(n1)N(C(C)C)NN2C(C)C. The number of aliphatic hydroxyl groups is 1. The van der Waals surface area contributed by atoms with E-state index in [1.807, 2.05) is 35.3 Å². The normalized spacial score (nSPS) is 14.7. The minimum Gasteiger partial charge on any atom is -0.394 e. The van der Waals surface area contributed by atoms with E-state index in [4.69, 9.17) is 9.97 Å². The van der Waals surface area contributed by atoms with Crippen molar-refractivity contribution in [3.8, 4) is 0 Å². The van der Waals surface area contributed by atoms with Crippen LogP contribution in [0.1, 0.15) is 41.5 Å². The van der Waals surface area contributed by atoms with Crippen molar-refractivity contribution < 1.29 is 5.11 Å². The number of rotatable bonds is 8. The van der Waals surface area contributed by atoms with Gasteiger partial charge in [0.2, 0.25) is 5.95 Å². The third-order valence-electron chi connectivity index (χ3n) is 4.94. The number of nitrogens with one attached hydrogen (secondary N) is 3. The molecule has 0 saturated heterocycles. The molecule has 2 heterocycles. The summed E-state index contributed by atoms with van der Waals surface area (Å²) in [6.45, 7) is 12.6. The highest BCUT2D eigenvalue weighted by molar-refractivity contribution is 5.85. The van der Waals surface area contributed by atoms with E-state index in [0.717, 1.165) is 17.2 Å². The molecule has 0 radical (unpaired) electrons. The highest BCUT2D eigenvalue weighted by atomic mass is 16.3. The number of para-hydroxylation sites is 1. The Kier molecular flexibility index (Phi) is 6.44. The molecule has 3 rings (SSSR count). The summed E-state index contributed by atoms with van der Waals surface area (Å²) in [5.41, 5.74) is 5.31. The number of hydrogen-bond donors (Lipinski definition) is 4. The van der Waals surface area contributed by atoms with E-state index in [9.17, 15) is 5.11 Å². The van der Waals surface area contributed by atoms with Crippen LogP contribution >= 0.6 is 0 Å². The second kappa shape index (κ2) is 8.84. The van der Waals surface area contributed by atoms with Crippen LogP contribution in [-0.2, 0) is 0 Å². The van der Waals surface area contributed by atoms with Crippen LogP contribution in [0.3, 0.4) is 0 Å². The summed E-state index contributed by atoms with van der Waals surface area (Å²) in [6, 6.07) is 10.3. The molecule has 0 aliphatic carbocycles. The first-order chi connectivity index (χ1) is 13.8. The maximum Gasteiger partial charge on any atom is 0.227 e. The van der Waals surface area contributed by atoms with Crippen molar-refractivity contribution in [2.75, 3.05) is 27.3 Å². The molecule has 8 nitrogen and oxygen atoms in total. The van der Waals surface area contributed by atoms with Gasteiger partial charge in [-0.05, 0) is 45.7 Å². The van der Waals surface area contributed by atoms with Crippen LogP contribution < -0.4 is 26.2 Å². The average Bonchev–Trinajstić information content (AvgIpc) is 3.07. The average molecular weight is 400 g/mol. The molecule has 8 heteroatoms. The first-order valence-corrected chi connectivity index (χ1v) is 10.3. The first kappa shape index (κ1) is 21.1. The molecule has 158 valence electrons. The highest BCUT2D eigenvalue weighted by Gasteiger charge is 2.35. The maximum atomic E-state index is 9.75. The number of hydrogen-bond acceptors (Lipinski definition) is 8. The van der Waals surface area contributed by atoms with Gasteiger partial charge < -0.3 is 15.7 Å². The predicted octanol–water partition coefficient (Wildman–Crippen LogP) is 3.51. The molecule has 1 aliphatic rings. The fourth-order valence-corrected chi connectivity index (χ4v) is 3.18. The largest absolute Gasteiger partial charge is 0.394 e. The zero-order valence-electron chi connectivity index (χ0n) is 18.1. The molecular weight excluding hydrogens is 366 g/mol. The smallest absolute Gasteiger partial charge is 0.227 e. The Bertz CT molecular complexity index is 810. The summed E-state index contributed by atoms with van der Waals surface area (Å²) >= 11 is 0. The van der Waals surface area contributed by atoms with Gasteiger partial charge in [0.15, 0.2) is 11.6 Å². The fraction of sp³-hybridized carbons (Fsp3) is 0.524. The van der Waals surface area contributed by atoms with Crippen LogP contribution in [0, 0.1) is 5.92 Å². The predicted molar refractivity (Wildman–Crippen MR) is 119 cm³/mol. The fourth-order valence-electron chi connectivity index (χ4n) is 3.18. The molecule has 0 amide bonds. The van der Waals surface area contributed by atoms with E-state index in [0.29, 0.717) is 11.8 Å². The van der Waals surface area contributed by atoms with Gasteiger partial charge in [0, 0.05) is 17.8 Å². The van der Waals surface area contributed by atoms with Gasteiger partial charge >= 0.3 is 0 Å². The zero-order valence-corrected chi connectivity index (χ0v) is 18.1. The van der Waals surface area contributed by atoms with E-state index >= 15 is 0 Å². The summed E-state index contributed by atoms with van der Waals surface area (Å²) < 4.78 is 0. The van der Waals surface area contributed by atoms with Crippen LogP contribution in [0.15, 0.2) is 30.3 Å². The summed E-state index contributed by atoms with van der Waals surface area (Å²) in [7, 11) is 0. The van der Waals surface area contributed by atoms with Gasteiger partial charge in [0.25, 0.3) is 0 Å². The van der Waals surface area contributed by atoms with E-state index in [1.54, 1.807) is 0 Å². The molecule has 1 aliphatic heterocycles. The summed E-state index contributed by atoms with van der Waals surface area (Å²) in [5.74, 6) is 2.26. The third kappa shape index (κ3) is 4.54. The van der Waals surface area contributed by atoms with Crippen molar-refractivity contribution in [3.05, 3.63) is 30.3 Å². The van der Waals surface area contributed by atoms with Crippen molar-refractivity contribution in [2.24, 2.45) is 5.92 Å². The molecule has 0 bridgehead atoms. The molecule has 4 N–H and O–H groups in total. The lowest BCUT2D eigenvalue weighted by Gasteiger charge is -2.27. The van der Waals surface area contributed by atoms with Crippen molar-refractivity contribution in [2.45, 2.75) is 59.7 Å². The van der Waals surface area contributed by atoms with Gasteiger partial charge in [-0.25, -0.2) is 0 Å². The number of hydrazine groups is 2. The number of benzene rings is 1. The minimum atomic E-state index is -0.124. The number of anilines is 5. The summed E-state index contributed by atoms with van der Waals surface area (Å²) in [4.78, 5) is 9.59. The maximum absolute atomic E-state index is 9.75. The van der Waals surface area contributed by atoms with Gasteiger partial charge in [-0.3, -0.25) is 10.0 Å². The summed E-state index contributed by atoms with van der Waals surface area (Å²) in [6.07, 6.45) is 0. The lowest BCUT2D eigenvalue weighted by Crippen LogP contribution is -2.50. The Morgan fingerprint density at radius 3 is 2.17 bits per heavy atom. The first-order valence-electron chi connectivity index (χ1n) is 10.3. The minimum absolute atomic E-state index is 0.0177. The molecular formula is C21H33N7O. The molecule has 1 aromatic carbocycles.